The number of carbonyl (C=O) groups is 2. The van der Waals surface area contributed by atoms with Crippen LogP contribution in [-0.4, -0.2) is 29.8 Å². The minimum absolute atomic E-state index is 0.257. The number of anilines is 1. The molecule has 0 radical (unpaired) electrons. The van der Waals surface area contributed by atoms with Gasteiger partial charge < -0.3 is 15.2 Å². The molecular formula is C16H18F3NO4. The molecule has 1 aromatic rings. The average molecular weight is 345 g/mol. The molecule has 1 amide bonds. The standard InChI is InChI=1S/C16H18F3NO4/c17-9-16(18,19)24-13-3-1-2-12(8-13)20-14(21)10-4-6-11(7-5-10)15(22)23/h1-3,8,10-11H,4-7,9H2,(H,20,21)(H,22,23). The van der Waals surface area contributed by atoms with E-state index in [0.29, 0.717) is 25.7 Å². The third kappa shape index (κ3) is 4.87. The van der Waals surface area contributed by atoms with Gasteiger partial charge in [-0.3, -0.25) is 9.59 Å². The highest BCUT2D eigenvalue weighted by Crippen LogP contribution is 2.30. The molecule has 0 heterocycles. The Hall–Kier alpha value is -2.25. The number of carbonyl (C=O) groups excluding carboxylic acids is 1. The number of halogens is 3. The third-order valence-corrected chi connectivity index (χ3v) is 3.97. The Morgan fingerprint density at radius 1 is 1.21 bits per heavy atom. The Labute approximate surface area is 136 Å². The van der Waals surface area contributed by atoms with Crippen LogP contribution >= 0.6 is 0 Å². The van der Waals surface area contributed by atoms with Crippen LogP contribution in [0.3, 0.4) is 0 Å². The molecule has 1 aliphatic rings. The fourth-order valence-electron chi connectivity index (χ4n) is 2.68. The van der Waals surface area contributed by atoms with Gasteiger partial charge >= 0.3 is 12.1 Å². The molecule has 0 aromatic heterocycles. The summed E-state index contributed by atoms with van der Waals surface area (Å²) in [6.45, 7) is -1.95. The fourth-order valence-corrected chi connectivity index (χ4v) is 2.68. The minimum atomic E-state index is -3.92. The van der Waals surface area contributed by atoms with E-state index >= 15 is 0 Å². The zero-order chi connectivity index (χ0) is 17.7. The zero-order valence-electron chi connectivity index (χ0n) is 12.8. The maximum atomic E-state index is 12.9. The first-order valence-corrected chi connectivity index (χ1v) is 7.57. The fraction of sp³-hybridized carbons (Fsp3) is 0.500. The first-order valence-electron chi connectivity index (χ1n) is 7.57. The van der Waals surface area contributed by atoms with E-state index < -0.39 is 24.7 Å². The number of aliphatic carboxylic acids is 1. The van der Waals surface area contributed by atoms with Crippen molar-refractivity contribution in [2.24, 2.45) is 11.8 Å². The van der Waals surface area contributed by atoms with Crippen LogP contribution in [0.15, 0.2) is 24.3 Å². The molecule has 0 spiro atoms. The zero-order valence-corrected chi connectivity index (χ0v) is 12.8. The largest absolute Gasteiger partial charge is 0.481 e. The summed E-state index contributed by atoms with van der Waals surface area (Å²) in [6.07, 6.45) is -2.14. The second-order valence-corrected chi connectivity index (χ2v) is 5.78. The normalized spacial score (nSPS) is 21.1. The molecule has 0 aliphatic heterocycles. The number of carboxylic acid groups (broad SMARTS) is 1. The quantitative estimate of drug-likeness (QED) is 0.828. The van der Waals surface area contributed by atoms with E-state index in [0.717, 1.165) is 0 Å². The van der Waals surface area contributed by atoms with Crippen LogP contribution in [0.25, 0.3) is 0 Å². The Kier molecular flexibility index (Phi) is 5.69. The highest BCUT2D eigenvalue weighted by atomic mass is 19.3. The number of nitrogens with one attached hydrogen (secondary N) is 1. The van der Waals surface area contributed by atoms with Gasteiger partial charge in [-0.2, -0.15) is 8.78 Å². The van der Waals surface area contributed by atoms with Crippen LogP contribution in [0, 0.1) is 11.8 Å². The molecule has 24 heavy (non-hydrogen) atoms. The average Bonchev–Trinajstić information content (AvgIpc) is 2.55. The molecule has 1 saturated carbocycles. The van der Waals surface area contributed by atoms with Crippen molar-refractivity contribution in [3.63, 3.8) is 0 Å². The molecule has 2 N–H and O–H groups in total. The van der Waals surface area contributed by atoms with Gasteiger partial charge in [-0.15, -0.1) is 0 Å². The summed E-state index contributed by atoms with van der Waals surface area (Å²) in [5.41, 5.74) is 0.257. The lowest BCUT2D eigenvalue weighted by atomic mass is 9.81. The molecule has 1 aromatic carbocycles. The monoisotopic (exact) mass is 345 g/mol. The first kappa shape index (κ1) is 18.1. The van der Waals surface area contributed by atoms with E-state index in [4.69, 9.17) is 5.11 Å². The summed E-state index contributed by atoms with van der Waals surface area (Å²) < 4.78 is 42.1. The summed E-state index contributed by atoms with van der Waals surface area (Å²) in [4.78, 5) is 23.1. The first-order chi connectivity index (χ1) is 11.3. The molecule has 0 saturated heterocycles. The number of carboxylic acids is 1. The van der Waals surface area contributed by atoms with Crippen LogP contribution in [0.1, 0.15) is 25.7 Å². The minimum Gasteiger partial charge on any atom is -0.481 e. The molecular weight excluding hydrogens is 327 g/mol. The van der Waals surface area contributed by atoms with E-state index in [1.807, 2.05) is 0 Å². The van der Waals surface area contributed by atoms with Crippen molar-refractivity contribution in [1.29, 1.82) is 0 Å². The van der Waals surface area contributed by atoms with Crippen molar-refractivity contribution >= 4 is 17.6 Å². The van der Waals surface area contributed by atoms with Crippen molar-refractivity contribution in [3.8, 4) is 5.75 Å². The number of ether oxygens (including phenoxy) is 1. The number of amides is 1. The second kappa shape index (κ2) is 7.55. The van der Waals surface area contributed by atoms with Gasteiger partial charge in [0.1, 0.15) is 5.75 Å². The lowest BCUT2D eigenvalue weighted by Gasteiger charge is -2.25. The van der Waals surface area contributed by atoms with Crippen molar-refractivity contribution < 1.29 is 32.6 Å². The van der Waals surface area contributed by atoms with Gasteiger partial charge in [0.05, 0.1) is 5.92 Å². The van der Waals surface area contributed by atoms with Crippen LogP contribution in [0.2, 0.25) is 0 Å². The Morgan fingerprint density at radius 2 is 1.83 bits per heavy atom. The molecule has 0 bridgehead atoms. The van der Waals surface area contributed by atoms with E-state index in [9.17, 15) is 22.8 Å². The predicted octanol–water partition coefficient (Wildman–Crippen LogP) is 3.46. The molecule has 2 rings (SSSR count). The van der Waals surface area contributed by atoms with Crippen molar-refractivity contribution in [1.82, 2.24) is 0 Å². The van der Waals surface area contributed by atoms with Crippen LogP contribution in [0.4, 0.5) is 18.9 Å². The molecule has 0 atom stereocenters. The molecule has 5 nitrogen and oxygen atoms in total. The number of hydrogen-bond acceptors (Lipinski definition) is 3. The number of rotatable bonds is 6. The Balaban J connectivity index is 1.94. The summed E-state index contributed by atoms with van der Waals surface area (Å²) >= 11 is 0. The number of alkyl halides is 3. The topological polar surface area (TPSA) is 75.6 Å². The van der Waals surface area contributed by atoms with Gasteiger partial charge in [-0.05, 0) is 37.8 Å². The Bertz CT molecular complexity index is 601. The molecule has 8 heteroatoms. The molecule has 0 unspecified atom stereocenters. The lowest BCUT2D eigenvalue weighted by molar-refractivity contribution is -0.186. The van der Waals surface area contributed by atoms with Gasteiger partial charge in [0, 0.05) is 17.7 Å². The molecule has 1 aliphatic carbocycles. The molecule has 1 fully saturated rings. The SMILES string of the molecule is O=C(O)C1CCC(C(=O)Nc2cccc(OC(F)(F)CF)c2)CC1. The lowest BCUT2D eigenvalue weighted by Crippen LogP contribution is -2.29. The van der Waals surface area contributed by atoms with Crippen LogP contribution in [0.5, 0.6) is 5.75 Å². The third-order valence-electron chi connectivity index (χ3n) is 3.97. The highest BCUT2D eigenvalue weighted by molar-refractivity contribution is 5.92. The summed E-state index contributed by atoms with van der Waals surface area (Å²) in [5.74, 6) is -2.16. The number of hydrogen-bond donors (Lipinski definition) is 2. The summed E-state index contributed by atoms with van der Waals surface area (Å²) in [7, 11) is 0. The van der Waals surface area contributed by atoms with Crippen molar-refractivity contribution in [3.05, 3.63) is 24.3 Å². The maximum absolute atomic E-state index is 12.9. The highest BCUT2D eigenvalue weighted by Gasteiger charge is 2.32. The summed E-state index contributed by atoms with van der Waals surface area (Å²) in [5, 5.41) is 11.5. The maximum Gasteiger partial charge on any atom is 0.427 e. The van der Waals surface area contributed by atoms with Crippen molar-refractivity contribution in [2.75, 3.05) is 12.0 Å². The molecule has 132 valence electrons. The van der Waals surface area contributed by atoms with Crippen molar-refractivity contribution in [2.45, 2.75) is 31.8 Å². The smallest absolute Gasteiger partial charge is 0.427 e. The van der Waals surface area contributed by atoms with Crippen LogP contribution in [-0.2, 0) is 9.59 Å². The van der Waals surface area contributed by atoms with Gasteiger partial charge in [0.15, 0.2) is 6.67 Å². The van der Waals surface area contributed by atoms with E-state index in [1.54, 1.807) is 0 Å². The summed E-state index contributed by atoms with van der Waals surface area (Å²) in [6, 6.07) is 5.32. The van der Waals surface area contributed by atoms with E-state index in [-0.39, 0.29) is 23.3 Å². The van der Waals surface area contributed by atoms with Gasteiger partial charge in [0.25, 0.3) is 0 Å². The van der Waals surface area contributed by atoms with Gasteiger partial charge in [-0.25, -0.2) is 4.39 Å². The second-order valence-electron chi connectivity index (χ2n) is 5.78. The predicted molar refractivity (Wildman–Crippen MR) is 79.7 cm³/mol. The van der Waals surface area contributed by atoms with Gasteiger partial charge in [0.2, 0.25) is 5.91 Å². The van der Waals surface area contributed by atoms with Crippen LogP contribution < -0.4 is 10.1 Å². The van der Waals surface area contributed by atoms with E-state index in [2.05, 4.69) is 10.1 Å². The Morgan fingerprint density at radius 3 is 2.42 bits per heavy atom. The van der Waals surface area contributed by atoms with Gasteiger partial charge in [-0.1, -0.05) is 6.07 Å². The van der Waals surface area contributed by atoms with E-state index in [1.165, 1.54) is 24.3 Å². The number of benzene rings is 1.